The molecule has 6 nitrogen and oxygen atoms in total. The van der Waals surface area contributed by atoms with Crippen molar-refractivity contribution >= 4 is 11.9 Å². The molecule has 0 saturated carbocycles. The number of aromatic nitrogens is 2. The van der Waals surface area contributed by atoms with E-state index in [0.717, 1.165) is 11.3 Å². The zero-order chi connectivity index (χ0) is 21.8. The lowest BCUT2D eigenvalue weighted by Crippen LogP contribution is -2.37. The van der Waals surface area contributed by atoms with E-state index in [9.17, 15) is 14.0 Å². The lowest BCUT2D eigenvalue weighted by Gasteiger charge is -2.18. The molecule has 7 heteroatoms. The van der Waals surface area contributed by atoms with Crippen LogP contribution in [0.5, 0.6) is 0 Å². The Morgan fingerprint density at radius 2 is 1.67 bits per heavy atom. The van der Waals surface area contributed by atoms with Crippen LogP contribution in [0.2, 0.25) is 0 Å². The maximum atomic E-state index is 13.1. The Kier molecular flexibility index (Phi) is 6.30. The van der Waals surface area contributed by atoms with Crippen LogP contribution in [-0.2, 0) is 9.53 Å². The lowest BCUT2D eigenvalue weighted by molar-refractivity contribution is -0.129. The quantitative estimate of drug-likeness (QED) is 0.624. The van der Waals surface area contributed by atoms with Crippen LogP contribution in [0, 0.1) is 19.7 Å². The average molecular weight is 409 g/mol. The van der Waals surface area contributed by atoms with Crippen LogP contribution in [0.15, 0.2) is 54.6 Å². The molecule has 0 saturated heterocycles. The fourth-order valence-electron chi connectivity index (χ4n) is 3.20. The topological polar surface area (TPSA) is 73.2 Å². The van der Waals surface area contributed by atoms with E-state index in [1.54, 1.807) is 37.6 Å². The molecular weight excluding hydrogens is 385 g/mol. The number of hydrogen-bond donors (Lipinski definition) is 1. The maximum Gasteiger partial charge on any atom is 0.342 e. The zero-order valence-electron chi connectivity index (χ0n) is 17.3. The molecule has 1 heterocycles. The second-order valence-corrected chi connectivity index (χ2v) is 7.12. The van der Waals surface area contributed by atoms with Gasteiger partial charge in [-0.15, -0.1) is 0 Å². The molecule has 0 radical (unpaired) electrons. The minimum atomic E-state index is -1.00. The summed E-state index contributed by atoms with van der Waals surface area (Å²) in [6.45, 7) is 6.80. The van der Waals surface area contributed by atoms with Gasteiger partial charge in [0.1, 0.15) is 11.4 Å². The maximum absolute atomic E-state index is 13.1. The van der Waals surface area contributed by atoms with Crippen molar-refractivity contribution in [2.24, 2.45) is 0 Å². The highest BCUT2D eigenvalue weighted by atomic mass is 19.1. The number of carbonyl (C=O) groups excluding carboxylic acids is 2. The molecule has 1 amide bonds. The third kappa shape index (κ3) is 4.56. The first-order valence-corrected chi connectivity index (χ1v) is 9.66. The molecular formula is C23H24FN3O3. The smallest absolute Gasteiger partial charge is 0.342 e. The van der Waals surface area contributed by atoms with Crippen LogP contribution in [0.1, 0.15) is 47.2 Å². The van der Waals surface area contributed by atoms with Crippen molar-refractivity contribution in [1.82, 2.24) is 15.1 Å². The predicted octanol–water partition coefficient (Wildman–Crippen LogP) is 4.05. The van der Waals surface area contributed by atoms with E-state index >= 15 is 0 Å². The van der Waals surface area contributed by atoms with E-state index in [1.165, 1.54) is 19.1 Å². The van der Waals surface area contributed by atoms with Gasteiger partial charge in [0.25, 0.3) is 5.91 Å². The van der Waals surface area contributed by atoms with E-state index in [-0.39, 0.29) is 11.9 Å². The molecule has 0 spiro atoms. The number of aryl methyl sites for hydroxylation is 1. The van der Waals surface area contributed by atoms with Crippen LogP contribution < -0.4 is 5.32 Å². The summed E-state index contributed by atoms with van der Waals surface area (Å²) >= 11 is 0. The molecule has 0 bridgehead atoms. The molecule has 30 heavy (non-hydrogen) atoms. The van der Waals surface area contributed by atoms with Crippen LogP contribution in [0.25, 0.3) is 5.69 Å². The van der Waals surface area contributed by atoms with Crippen molar-refractivity contribution in [3.63, 3.8) is 0 Å². The number of hydrogen-bond acceptors (Lipinski definition) is 4. The number of esters is 1. The second kappa shape index (κ2) is 8.90. The lowest BCUT2D eigenvalue weighted by atomic mass is 10.1. The second-order valence-electron chi connectivity index (χ2n) is 7.12. The van der Waals surface area contributed by atoms with Crippen LogP contribution in [0.3, 0.4) is 0 Å². The number of amides is 1. The van der Waals surface area contributed by atoms with Gasteiger partial charge in [-0.2, -0.15) is 5.10 Å². The first-order valence-electron chi connectivity index (χ1n) is 9.66. The first kappa shape index (κ1) is 21.2. The van der Waals surface area contributed by atoms with Gasteiger partial charge in [0.15, 0.2) is 6.10 Å². The summed E-state index contributed by atoms with van der Waals surface area (Å²) < 4.78 is 20.1. The fourth-order valence-corrected chi connectivity index (χ4v) is 3.20. The molecule has 0 fully saturated rings. The number of rotatable bonds is 6. The minimum absolute atomic E-state index is 0.338. The summed E-state index contributed by atoms with van der Waals surface area (Å²) in [6.07, 6.45) is -1.00. The highest BCUT2D eigenvalue weighted by Gasteiger charge is 2.25. The summed E-state index contributed by atoms with van der Waals surface area (Å²) in [5.41, 5.74) is 3.07. The molecule has 1 N–H and O–H groups in total. The van der Waals surface area contributed by atoms with Crippen molar-refractivity contribution in [3.05, 3.63) is 82.9 Å². The molecule has 0 unspecified atom stereocenters. The van der Waals surface area contributed by atoms with Crippen molar-refractivity contribution in [3.8, 4) is 5.69 Å². The van der Waals surface area contributed by atoms with Gasteiger partial charge < -0.3 is 10.1 Å². The molecule has 0 aliphatic rings. The molecule has 156 valence electrons. The van der Waals surface area contributed by atoms with Gasteiger partial charge in [0.05, 0.1) is 23.1 Å². The normalized spacial score (nSPS) is 12.8. The Labute approximate surface area is 174 Å². The van der Waals surface area contributed by atoms with Gasteiger partial charge in [0, 0.05) is 0 Å². The van der Waals surface area contributed by atoms with Gasteiger partial charge in [-0.05, 0) is 57.5 Å². The highest BCUT2D eigenvalue weighted by Crippen LogP contribution is 2.20. The van der Waals surface area contributed by atoms with E-state index in [2.05, 4.69) is 10.4 Å². The minimum Gasteiger partial charge on any atom is -0.449 e. The summed E-state index contributed by atoms with van der Waals surface area (Å²) in [6, 6.07) is 15.0. The Morgan fingerprint density at radius 1 is 1.03 bits per heavy atom. The first-order chi connectivity index (χ1) is 14.3. The van der Waals surface area contributed by atoms with Crippen molar-refractivity contribution in [2.75, 3.05) is 0 Å². The molecule has 1 aromatic heterocycles. The summed E-state index contributed by atoms with van der Waals surface area (Å²) in [5.74, 6) is -1.39. The van der Waals surface area contributed by atoms with Crippen LogP contribution >= 0.6 is 0 Å². The van der Waals surface area contributed by atoms with Crippen LogP contribution in [0.4, 0.5) is 4.39 Å². The monoisotopic (exact) mass is 409 g/mol. The van der Waals surface area contributed by atoms with E-state index < -0.39 is 18.0 Å². The number of halogens is 1. The molecule has 3 rings (SSSR count). The summed E-state index contributed by atoms with van der Waals surface area (Å²) in [5, 5.41) is 7.21. The van der Waals surface area contributed by atoms with E-state index in [1.807, 2.05) is 30.3 Å². The highest BCUT2D eigenvalue weighted by molar-refractivity contribution is 5.94. The van der Waals surface area contributed by atoms with Gasteiger partial charge in [0.2, 0.25) is 0 Å². The fraction of sp³-hybridized carbons (Fsp3) is 0.261. The Morgan fingerprint density at radius 3 is 2.30 bits per heavy atom. The Hall–Kier alpha value is -3.48. The van der Waals surface area contributed by atoms with Crippen LogP contribution in [-0.4, -0.2) is 27.8 Å². The molecule has 0 aliphatic carbocycles. The van der Waals surface area contributed by atoms with E-state index in [0.29, 0.717) is 17.0 Å². The Balaban J connectivity index is 1.69. The third-order valence-corrected chi connectivity index (χ3v) is 4.88. The van der Waals surface area contributed by atoms with Gasteiger partial charge >= 0.3 is 5.97 Å². The summed E-state index contributed by atoms with van der Waals surface area (Å²) in [7, 11) is 0. The number of nitrogens with zero attached hydrogens (tertiary/aromatic N) is 2. The average Bonchev–Trinajstić information content (AvgIpc) is 3.03. The Bertz CT molecular complexity index is 1050. The third-order valence-electron chi connectivity index (χ3n) is 4.88. The van der Waals surface area contributed by atoms with Gasteiger partial charge in [-0.25, -0.2) is 13.9 Å². The SMILES string of the molecule is Cc1nn(-c2ccccc2)c(C)c1C(=O)O[C@H](C)C(=O)N[C@H](C)c1ccc(F)cc1. The molecule has 2 atom stereocenters. The zero-order valence-corrected chi connectivity index (χ0v) is 17.3. The van der Waals surface area contributed by atoms with Crippen molar-refractivity contribution in [2.45, 2.75) is 39.8 Å². The predicted molar refractivity (Wildman–Crippen MR) is 111 cm³/mol. The number of benzene rings is 2. The molecule has 2 aromatic carbocycles. The van der Waals surface area contributed by atoms with Gasteiger partial charge in [-0.3, -0.25) is 4.79 Å². The molecule has 3 aromatic rings. The molecule has 0 aliphatic heterocycles. The van der Waals surface area contributed by atoms with E-state index in [4.69, 9.17) is 4.74 Å². The number of ether oxygens (including phenoxy) is 1. The van der Waals surface area contributed by atoms with Crippen molar-refractivity contribution in [1.29, 1.82) is 0 Å². The summed E-state index contributed by atoms with van der Waals surface area (Å²) in [4.78, 5) is 25.2. The number of nitrogens with one attached hydrogen (secondary N) is 1. The number of para-hydroxylation sites is 1. The number of carbonyl (C=O) groups is 2. The standard InChI is InChI=1S/C23H24FN3O3/c1-14(18-10-12-19(24)13-11-18)25-22(28)17(4)30-23(29)21-15(2)26-27(16(21)3)20-8-6-5-7-9-20/h5-14,17H,1-4H3,(H,25,28)/t14-,17-/m1/s1. The largest absolute Gasteiger partial charge is 0.449 e. The van der Waals surface area contributed by atoms with Crippen molar-refractivity contribution < 1.29 is 18.7 Å². The van der Waals surface area contributed by atoms with Gasteiger partial charge in [-0.1, -0.05) is 30.3 Å².